The van der Waals surface area contributed by atoms with Crippen LogP contribution in [0, 0.1) is 28.5 Å². The average molecular weight is 202 g/mol. The second kappa shape index (κ2) is 4.57. The number of halogens is 1. The van der Waals surface area contributed by atoms with E-state index in [0.717, 1.165) is 0 Å². The number of benzene rings is 1. The number of nitrogens with zero attached hydrogens (tertiary/aromatic N) is 2. The molecule has 0 atom stereocenters. The molecule has 3 heteroatoms. The van der Waals surface area contributed by atoms with Gasteiger partial charge in [-0.2, -0.15) is 10.5 Å². The van der Waals surface area contributed by atoms with Gasteiger partial charge in [0.25, 0.3) is 0 Å². The maximum absolute atomic E-state index is 13.5. The molecule has 0 radical (unpaired) electrons. The predicted molar refractivity (Wildman–Crippen MR) is 54.5 cm³/mol. The first-order valence-electron chi connectivity index (χ1n) is 4.69. The van der Waals surface area contributed by atoms with Crippen molar-refractivity contribution in [3.63, 3.8) is 0 Å². The highest BCUT2D eigenvalue weighted by Gasteiger charge is 2.13. The Morgan fingerprint density at radius 2 is 2.00 bits per heavy atom. The van der Waals surface area contributed by atoms with Gasteiger partial charge in [0.1, 0.15) is 11.9 Å². The molecule has 0 aliphatic heterocycles. The van der Waals surface area contributed by atoms with Crippen molar-refractivity contribution < 1.29 is 4.39 Å². The summed E-state index contributed by atoms with van der Waals surface area (Å²) in [6.07, 6.45) is 0.169. The largest absolute Gasteiger partial charge is 0.206 e. The highest BCUT2D eigenvalue weighted by atomic mass is 19.1. The predicted octanol–water partition coefficient (Wildman–Crippen LogP) is 2.89. The van der Waals surface area contributed by atoms with Gasteiger partial charge in [-0.25, -0.2) is 4.39 Å². The Morgan fingerprint density at radius 1 is 1.33 bits per heavy atom. The molecule has 2 nitrogen and oxygen atoms in total. The smallest absolute Gasteiger partial charge is 0.141 e. The van der Waals surface area contributed by atoms with Gasteiger partial charge in [-0.15, -0.1) is 0 Å². The van der Waals surface area contributed by atoms with Crippen LogP contribution in [0.3, 0.4) is 0 Å². The molecule has 0 spiro atoms. The van der Waals surface area contributed by atoms with E-state index >= 15 is 0 Å². The summed E-state index contributed by atoms with van der Waals surface area (Å²) in [5.41, 5.74) is 1.38. The minimum absolute atomic E-state index is 0.0767. The molecule has 0 aromatic heterocycles. The van der Waals surface area contributed by atoms with E-state index in [1.807, 2.05) is 26.0 Å². The molecular formula is C12H11FN2. The lowest BCUT2D eigenvalue weighted by molar-refractivity contribution is 0.617. The van der Waals surface area contributed by atoms with E-state index in [0.29, 0.717) is 11.1 Å². The Balaban J connectivity index is 3.35. The third-order valence-electron chi connectivity index (χ3n) is 2.20. The molecule has 15 heavy (non-hydrogen) atoms. The van der Waals surface area contributed by atoms with Crippen LogP contribution in [0.1, 0.15) is 36.5 Å². The van der Waals surface area contributed by atoms with Crippen molar-refractivity contribution in [2.75, 3.05) is 0 Å². The monoisotopic (exact) mass is 202 g/mol. The summed E-state index contributed by atoms with van der Waals surface area (Å²) < 4.78 is 13.5. The molecular weight excluding hydrogens is 191 g/mol. The van der Waals surface area contributed by atoms with Crippen molar-refractivity contribution in [1.82, 2.24) is 0 Å². The van der Waals surface area contributed by atoms with Crippen LogP contribution >= 0.6 is 0 Å². The van der Waals surface area contributed by atoms with E-state index in [1.165, 1.54) is 6.07 Å². The standard InChI is InChI=1S/C12H11FN2/c1-8(2)10-5-9(3-4-14)6-12(13)11(10)7-15/h5-6,8H,3H2,1-2H3. The second-order valence-electron chi connectivity index (χ2n) is 3.64. The Kier molecular flexibility index (Phi) is 3.42. The van der Waals surface area contributed by atoms with Crippen LogP contribution in [0.2, 0.25) is 0 Å². The van der Waals surface area contributed by atoms with Crippen molar-refractivity contribution in [2.24, 2.45) is 0 Å². The van der Waals surface area contributed by atoms with Gasteiger partial charge in [0.2, 0.25) is 0 Å². The lowest BCUT2D eigenvalue weighted by atomic mass is 9.94. The Hall–Kier alpha value is -1.87. The van der Waals surface area contributed by atoms with Crippen molar-refractivity contribution in [3.8, 4) is 12.1 Å². The topological polar surface area (TPSA) is 47.6 Å². The molecule has 0 saturated heterocycles. The molecule has 1 aromatic carbocycles. The van der Waals surface area contributed by atoms with Gasteiger partial charge in [-0.05, 0) is 23.1 Å². The first-order chi connectivity index (χ1) is 7.10. The van der Waals surface area contributed by atoms with Gasteiger partial charge in [0.15, 0.2) is 0 Å². The first-order valence-corrected chi connectivity index (χ1v) is 4.69. The van der Waals surface area contributed by atoms with Gasteiger partial charge in [-0.1, -0.05) is 19.9 Å². The molecule has 0 bridgehead atoms. The fourth-order valence-electron chi connectivity index (χ4n) is 1.45. The summed E-state index contributed by atoms with van der Waals surface area (Å²) in [6.45, 7) is 3.79. The van der Waals surface area contributed by atoms with Crippen LogP contribution in [0.4, 0.5) is 4.39 Å². The van der Waals surface area contributed by atoms with Gasteiger partial charge in [0.05, 0.1) is 18.1 Å². The van der Waals surface area contributed by atoms with E-state index in [-0.39, 0.29) is 17.9 Å². The number of hydrogen-bond donors (Lipinski definition) is 0. The van der Waals surface area contributed by atoms with Crippen molar-refractivity contribution in [1.29, 1.82) is 10.5 Å². The average Bonchev–Trinajstić information content (AvgIpc) is 2.17. The zero-order chi connectivity index (χ0) is 11.4. The van der Waals surface area contributed by atoms with E-state index in [4.69, 9.17) is 10.5 Å². The highest BCUT2D eigenvalue weighted by molar-refractivity contribution is 5.43. The van der Waals surface area contributed by atoms with Crippen LogP contribution in [0.5, 0.6) is 0 Å². The molecule has 0 N–H and O–H groups in total. The Morgan fingerprint density at radius 3 is 2.47 bits per heavy atom. The molecule has 76 valence electrons. The minimum atomic E-state index is -0.533. The molecule has 0 heterocycles. The molecule has 0 saturated carbocycles. The summed E-state index contributed by atoms with van der Waals surface area (Å²) >= 11 is 0. The molecule has 0 fully saturated rings. The minimum Gasteiger partial charge on any atom is -0.206 e. The van der Waals surface area contributed by atoms with E-state index in [2.05, 4.69) is 0 Å². The molecule has 1 aromatic rings. The normalized spacial score (nSPS) is 9.73. The van der Waals surface area contributed by atoms with Crippen LogP contribution in [0.25, 0.3) is 0 Å². The Labute approximate surface area is 88.6 Å². The molecule has 0 aliphatic carbocycles. The maximum Gasteiger partial charge on any atom is 0.141 e. The summed E-state index contributed by atoms with van der Waals surface area (Å²) in [6, 6.07) is 6.81. The lowest BCUT2D eigenvalue weighted by Crippen LogP contribution is -1.99. The van der Waals surface area contributed by atoms with E-state index in [9.17, 15) is 4.39 Å². The fraction of sp³-hybridized carbons (Fsp3) is 0.333. The zero-order valence-corrected chi connectivity index (χ0v) is 8.71. The Bertz CT molecular complexity index is 450. The quantitative estimate of drug-likeness (QED) is 0.740. The summed E-state index contributed by atoms with van der Waals surface area (Å²) in [7, 11) is 0. The zero-order valence-electron chi connectivity index (χ0n) is 8.71. The van der Waals surface area contributed by atoms with Crippen LogP contribution < -0.4 is 0 Å². The van der Waals surface area contributed by atoms with Crippen LogP contribution in [-0.2, 0) is 6.42 Å². The second-order valence-corrected chi connectivity index (χ2v) is 3.64. The third-order valence-corrected chi connectivity index (χ3v) is 2.20. The number of hydrogen-bond acceptors (Lipinski definition) is 2. The molecule has 0 unspecified atom stereocenters. The van der Waals surface area contributed by atoms with E-state index in [1.54, 1.807) is 6.07 Å². The first kappa shape index (κ1) is 11.2. The number of rotatable bonds is 2. The molecule has 0 aliphatic rings. The van der Waals surface area contributed by atoms with Gasteiger partial charge in [0, 0.05) is 0 Å². The van der Waals surface area contributed by atoms with Gasteiger partial charge < -0.3 is 0 Å². The van der Waals surface area contributed by atoms with Crippen LogP contribution in [0.15, 0.2) is 12.1 Å². The summed E-state index contributed by atoms with van der Waals surface area (Å²) in [4.78, 5) is 0. The molecule has 1 rings (SSSR count). The SMILES string of the molecule is CC(C)c1cc(CC#N)cc(F)c1C#N. The third kappa shape index (κ3) is 2.33. The van der Waals surface area contributed by atoms with Gasteiger partial charge >= 0.3 is 0 Å². The van der Waals surface area contributed by atoms with Crippen molar-refractivity contribution in [2.45, 2.75) is 26.2 Å². The maximum atomic E-state index is 13.5. The summed E-state index contributed by atoms with van der Waals surface area (Å²) in [5, 5.41) is 17.3. The number of nitriles is 2. The highest BCUT2D eigenvalue weighted by Crippen LogP contribution is 2.23. The summed E-state index contributed by atoms with van der Waals surface area (Å²) in [5.74, 6) is -0.457. The lowest BCUT2D eigenvalue weighted by Gasteiger charge is -2.10. The van der Waals surface area contributed by atoms with E-state index < -0.39 is 5.82 Å². The fourth-order valence-corrected chi connectivity index (χ4v) is 1.45. The van der Waals surface area contributed by atoms with Crippen molar-refractivity contribution in [3.05, 3.63) is 34.6 Å². The molecule has 0 amide bonds. The van der Waals surface area contributed by atoms with Crippen molar-refractivity contribution >= 4 is 0 Å². The van der Waals surface area contributed by atoms with Gasteiger partial charge in [-0.3, -0.25) is 0 Å². The van der Waals surface area contributed by atoms with Crippen LogP contribution in [-0.4, -0.2) is 0 Å².